The first-order chi connectivity index (χ1) is 8.56. The monoisotopic (exact) mass is 284 g/mol. The molecule has 0 saturated heterocycles. The van der Waals surface area contributed by atoms with E-state index in [0.717, 1.165) is 15.4 Å². The van der Waals surface area contributed by atoms with Gasteiger partial charge in [-0.3, -0.25) is 0 Å². The first kappa shape index (κ1) is 13.0. The maximum Gasteiger partial charge on any atom is 0.335 e. The molecule has 1 aromatic carbocycles. The number of hydrogen-bond donors (Lipinski definition) is 1. The van der Waals surface area contributed by atoms with Gasteiger partial charge in [0.1, 0.15) is 10.8 Å². The number of nitrogens with zero attached hydrogens (tertiary/aromatic N) is 2. The minimum atomic E-state index is -1.06. The van der Waals surface area contributed by atoms with Crippen molar-refractivity contribution in [1.82, 2.24) is 10.2 Å². The molecule has 0 aliphatic rings. The zero-order valence-corrected chi connectivity index (χ0v) is 11.0. The number of aromatic nitrogens is 2. The molecule has 1 aromatic heterocycles. The van der Waals surface area contributed by atoms with Crippen LogP contribution in [-0.4, -0.2) is 21.3 Å². The summed E-state index contributed by atoms with van der Waals surface area (Å²) in [5, 5.41) is 17.6. The predicted octanol–water partition coefficient (Wildman–Crippen LogP) is 2.98. The topological polar surface area (TPSA) is 63.1 Å². The van der Waals surface area contributed by atoms with Crippen LogP contribution in [0.1, 0.15) is 20.9 Å². The Hall–Kier alpha value is -1.47. The lowest BCUT2D eigenvalue weighted by molar-refractivity contribution is 0.0696. The van der Waals surface area contributed by atoms with E-state index < -0.39 is 11.8 Å². The maximum absolute atomic E-state index is 13.1. The van der Waals surface area contributed by atoms with E-state index in [1.165, 1.54) is 35.2 Å². The molecule has 0 radical (unpaired) electrons. The quantitative estimate of drug-likeness (QED) is 0.874. The number of carbonyl (C=O) groups is 1. The summed E-state index contributed by atoms with van der Waals surface area (Å²) < 4.78 is 13.9. The van der Waals surface area contributed by atoms with Gasteiger partial charge in [-0.25, -0.2) is 9.18 Å². The van der Waals surface area contributed by atoms with E-state index in [4.69, 9.17) is 5.11 Å². The fourth-order valence-corrected chi connectivity index (χ4v) is 3.17. The second-order valence-corrected chi connectivity index (χ2v) is 5.89. The van der Waals surface area contributed by atoms with Crippen molar-refractivity contribution in [1.29, 1.82) is 0 Å². The maximum atomic E-state index is 13.1. The normalized spacial score (nSPS) is 10.6. The Bertz CT molecular complexity index is 586. The highest BCUT2D eigenvalue weighted by molar-refractivity contribution is 8.00. The van der Waals surface area contributed by atoms with Gasteiger partial charge in [0.05, 0.1) is 5.56 Å². The molecule has 18 heavy (non-hydrogen) atoms. The fraction of sp³-hybridized carbons (Fsp3) is 0.182. The number of carboxylic acid groups (broad SMARTS) is 1. The van der Waals surface area contributed by atoms with Gasteiger partial charge >= 0.3 is 5.97 Å². The summed E-state index contributed by atoms with van der Waals surface area (Å²) in [5.41, 5.74) is 0.561. The average molecular weight is 284 g/mol. The Morgan fingerprint density at radius 2 is 2.28 bits per heavy atom. The SMILES string of the molecule is Cc1nnc(SCc2cc(F)ccc2C(=O)O)s1. The van der Waals surface area contributed by atoms with Gasteiger partial charge < -0.3 is 5.11 Å². The summed E-state index contributed by atoms with van der Waals surface area (Å²) in [4.78, 5) is 11.0. The lowest BCUT2D eigenvalue weighted by Gasteiger charge is -2.04. The molecule has 0 amide bonds. The molecule has 1 N–H and O–H groups in total. The number of aryl methyl sites for hydroxylation is 1. The highest BCUT2D eigenvalue weighted by atomic mass is 32.2. The van der Waals surface area contributed by atoms with E-state index in [9.17, 15) is 9.18 Å². The van der Waals surface area contributed by atoms with Gasteiger partial charge in [0.15, 0.2) is 4.34 Å². The Morgan fingerprint density at radius 3 is 2.89 bits per heavy atom. The van der Waals surface area contributed by atoms with E-state index in [2.05, 4.69) is 10.2 Å². The van der Waals surface area contributed by atoms with Crippen LogP contribution in [0.15, 0.2) is 22.5 Å². The van der Waals surface area contributed by atoms with Gasteiger partial charge in [-0.05, 0) is 30.7 Å². The predicted molar refractivity (Wildman–Crippen MR) is 67.6 cm³/mol. The number of benzene rings is 1. The summed E-state index contributed by atoms with van der Waals surface area (Å²) in [7, 11) is 0. The molecule has 0 fully saturated rings. The van der Waals surface area contributed by atoms with Gasteiger partial charge in [-0.2, -0.15) is 0 Å². The van der Waals surface area contributed by atoms with Crippen molar-refractivity contribution in [3.63, 3.8) is 0 Å². The largest absolute Gasteiger partial charge is 0.478 e. The molecule has 2 rings (SSSR count). The van der Waals surface area contributed by atoms with E-state index in [-0.39, 0.29) is 5.56 Å². The molecule has 2 aromatic rings. The van der Waals surface area contributed by atoms with Crippen LogP contribution in [0.4, 0.5) is 4.39 Å². The van der Waals surface area contributed by atoms with Crippen LogP contribution in [0.3, 0.4) is 0 Å². The second kappa shape index (κ2) is 5.45. The van der Waals surface area contributed by atoms with E-state index in [1.54, 1.807) is 0 Å². The molecular weight excluding hydrogens is 275 g/mol. The van der Waals surface area contributed by atoms with Crippen LogP contribution < -0.4 is 0 Å². The van der Waals surface area contributed by atoms with Crippen LogP contribution in [0.5, 0.6) is 0 Å². The highest BCUT2D eigenvalue weighted by Crippen LogP contribution is 2.27. The third-order valence-electron chi connectivity index (χ3n) is 2.16. The molecule has 7 heteroatoms. The first-order valence-electron chi connectivity index (χ1n) is 5.01. The highest BCUT2D eigenvalue weighted by Gasteiger charge is 2.12. The van der Waals surface area contributed by atoms with Crippen molar-refractivity contribution in [3.05, 3.63) is 40.2 Å². The molecule has 0 aliphatic carbocycles. The van der Waals surface area contributed by atoms with Crippen molar-refractivity contribution in [2.45, 2.75) is 17.0 Å². The van der Waals surface area contributed by atoms with Crippen molar-refractivity contribution in [2.75, 3.05) is 0 Å². The minimum absolute atomic E-state index is 0.116. The molecule has 0 bridgehead atoms. The summed E-state index contributed by atoms with van der Waals surface area (Å²) in [6, 6.07) is 3.66. The van der Waals surface area contributed by atoms with Crippen molar-refractivity contribution in [3.8, 4) is 0 Å². The second-order valence-electron chi connectivity index (χ2n) is 3.48. The number of aromatic carboxylic acids is 1. The molecule has 0 saturated carbocycles. The standard InChI is InChI=1S/C11H9FN2O2S2/c1-6-13-14-11(18-6)17-5-7-4-8(12)2-3-9(7)10(15)16/h2-4H,5H2,1H3,(H,15,16). The minimum Gasteiger partial charge on any atom is -0.478 e. The molecule has 0 unspecified atom stereocenters. The molecule has 0 spiro atoms. The molecule has 1 heterocycles. The molecule has 0 aliphatic heterocycles. The lowest BCUT2D eigenvalue weighted by Crippen LogP contribution is -2.02. The zero-order chi connectivity index (χ0) is 13.1. The molecule has 94 valence electrons. The van der Waals surface area contributed by atoms with Crippen LogP contribution in [0, 0.1) is 12.7 Å². The third-order valence-corrected chi connectivity index (χ3v) is 4.18. The summed E-state index contributed by atoms with van der Waals surface area (Å²) in [5.74, 6) is -1.14. The van der Waals surface area contributed by atoms with E-state index >= 15 is 0 Å². The van der Waals surface area contributed by atoms with Gasteiger partial charge in [0.25, 0.3) is 0 Å². The summed E-state index contributed by atoms with van der Waals surface area (Å²) in [6.07, 6.45) is 0. The third kappa shape index (κ3) is 3.05. The zero-order valence-electron chi connectivity index (χ0n) is 9.38. The Kier molecular flexibility index (Phi) is 3.93. The Morgan fingerprint density at radius 1 is 1.50 bits per heavy atom. The fourth-order valence-electron chi connectivity index (χ4n) is 1.37. The van der Waals surface area contributed by atoms with Crippen LogP contribution >= 0.6 is 23.1 Å². The number of hydrogen-bond acceptors (Lipinski definition) is 5. The Labute approximate surface area is 111 Å². The van der Waals surface area contributed by atoms with Gasteiger partial charge in [-0.1, -0.05) is 23.1 Å². The molecule has 0 atom stereocenters. The number of thioether (sulfide) groups is 1. The molecule has 4 nitrogen and oxygen atoms in total. The Balaban J connectivity index is 2.17. The summed E-state index contributed by atoms with van der Waals surface area (Å²) >= 11 is 2.77. The van der Waals surface area contributed by atoms with Gasteiger partial charge in [-0.15, -0.1) is 10.2 Å². The van der Waals surface area contributed by atoms with Gasteiger partial charge in [0, 0.05) is 5.75 Å². The lowest BCUT2D eigenvalue weighted by atomic mass is 10.1. The van der Waals surface area contributed by atoms with E-state index in [1.807, 2.05) is 6.92 Å². The average Bonchev–Trinajstić information content (AvgIpc) is 2.72. The van der Waals surface area contributed by atoms with E-state index in [0.29, 0.717) is 11.3 Å². The molecular formula is C11H9FN2O2S2. The van der Waals surface area contributed by atoms with Crippen LogP contribution in [-0.2, 0) is 5.75 Å². The van der Waals surface area contributed by atoms with Crippen molar-refractivity contribution < 1.29 is 14.3 Å². The number of carboxylic acids is 1. The number of halogens is 1. The van der Waals surface area contributed by atoms with Crippen molar-refractivity contribution >= 4 is 29.1 Å². The summed E-state index contributed by atoms with van der Waals surface area (Å²) in [6.45, 7) is 1.84. The van der Waals surface area contributed by atoms with Gasteiger partial charge in [0.2, 0.25) is 0 Å². The van der Waals surface area contributed by atoms with Crippen LogP contribution in [0.25, 0.3) is 0 Å². The first-order valence-corrected chi connectivity index (χ1v) is 6.81. The smallest absolute Gasteiger partial charge is 0.335 e. The number of rotatable bonds is 4. The van der Waals surface area contributed by atoms with Crippen LogP contribution in [0.2, 0.25) is 0 Å². The van der Waals surface area contributed by atoms with Crippen molar-refractivity contribution in [2.24, 2.45) is 0 Å².